The van der Waals surface area contributed by atoms with E-state index >= 15 is 0 Å². The van der Waals surface area contributed by atoms with Crippen LogP contribution in [0.5, 0.6) is 5.75 Å². The molecule has 0 aliphatic carbocycles. The Kier molecular flexibility index (Phi) is 5.69. The minimum absolute atomic E-state index is 0.0546. The number of carbonyl (C=O) groups is 1. The van der Waals surface area contributed by atoms with E-state index in [0.717, 1.165) is 11.3 Å². The minimum Gasteiger partial charge on any atom is -0.489 e. The zero-order valence-corrected chi connectivity index (χ0v) is 15.6. The monoisotopic (exact) mass is 380 g/mol. The molecule has 0 unspecified atom stereocenters. The van der Waals surface area contributed by atoms with Gasteiger partial charge in [0.25, 0.3) is 11.6 Å². The molecular weight excluding hydrogens is 360 g/mol. The van der Waals surface area contributed by atoms with Crippen LogP contribution in [0.4, 0.5) is 5.69 Å². The zero-order chi connectivity index (χ0) is 20.1. The van der Waals surface area contributed by atoms with E-state index in [1.54, 1.807) is 41.9 Å². The molecule has 28 heavy (non-hydrogen) atoms. The lowest BCUT2D eigenvalue weighted by atomic mass is 10.1. The molecule has 0 bridgehead atoms. The van der Waals surface area contributed by atoms with Gasteiger partial charge in [0.1, 0.15) is 12.4 Å². The standard InChI is InChI=1S/C20H20N4O4/c1-14-10-18(6-7-19(14)24(26)27)28-13-15-4-3-5-16(11-15)20(25)21-12-17-8-9-23(2)22-17/h3-11H,12-13H2,1-2H3,(H,21,25). The highest BCUT2D eigenvalue weighted by atomic mass is 16.6. The molecule has 1 aromatic heterocycles. The molecule has 1 N–H and O–H groups in total. The predicted molar refractivity (Wildman–Crippen MR) is 103 cm³/mol. The second-order valence-corrected chi connectivity index (χ2v) is 6.36. The second kappa shape index (κ2) is 8.34. The molecule has 0 aliphatic heterocycles. The Balaban J connectivity index is 1.60. The number of rotatable bonds is 7. The van der Waals surface area contributed by atoms with Crippen LogP contribution in [-0.4, -0.2) is 20.6 Å². The summed E-state index contributed by atoms with van der Waals surface area (Å²) < 4.78 is 7.39. The number of nitro groups is 1. The quantitative estimate of drug-likeness (QED) is 0.501. The highest BCUT2D eigenvalue weighted by molar-refractivity contribution is 5.94. The van der Waals surface area contributed by atoms with Crippen molar-refractivity contribution in [2.75, 3.05) is 0 Å². The van der Waals surface area contributed by atoms with Gasteiger partial charge >= 0.3 is 0 Å². The molecule has 1 heterocycles. The van der Waals surface area contributed by atoms with E-state index in [1.807, 2.05) is 25.4 Å². The first-order chi connectivity index (χ1) is 13.4. The van der Waals surface area contributed by atoms with Crippen LogP contribution in [0.25, 0.3) is 0 Å². The topological polar surface area (TPSA) is 99.3 Å². The van der Waals surface area contributed by atoms with Crippen LogP contribution in [0.1, 0.15) is 27.2 Å². The van der Waals surface area contributed by atoms with Gasteiger partial charge in [-0.2, -0.15) is 5.10 Å². The van der Waals surface area contributed by atoms with Crippen molar-refractivity contribution in [3.63, 3.8) is 0 Å². The molecule has 0 fully saturated rings. The van der Waals surface area contributed by atoms with E-state index in [-0.39, 0.29) is 18.2 Å². The summed E-state index contributed by atoms with van der Waals surface area (Å²) >= 11 is 0. The van der Waals surface area contributed by atoms with Crippen LogP contribution < -0.4 is 10.1 Å². The summed E-state index contributed by atoms with van der Waals surface area (Å²) in [6.45, 7) is 2.26. The third kappa shape index (κ3) is 4.73. The van der Waals surface area contributed by atoms with Gasteiger partial charge in [0.2, 0.25) is 0 Å². The Bertz CT molecular complexity index is 1010. The SMILES string of the molecule is Cc1cc(OCc2cccc(C(=O)NCc3ccn(C)n3)c2)ccc1[N+](=O)[O-]. The van der Waals surface area contributed by atoms with Gasteiger partial charge in [-0.25, -0.2) is 0 Å². The predicted octanol–water partition coefficient (Wildman–Crippen LogP) is 3.15. The van der Waals surface area contributed by atoms with Crippen molar-refractivity contribution in [1.82, 2.24) is 15.1 Å². The average Bonchev–Trinajstić information content (AvgIpc) is 3.09. The smallest absolute Gasteiger partial charge is 0.272 e. The first-order valence-corrected chi connectivity index (χ1v) is 8.66. The first-order valence-electron chi connectivity index (χ1n) is 8.66. The Morgan fingerprint density at radius 3 is 2.75 bits per heavy atom. The van der Waals surface area contributed by atoms with Gasteiger partial charge in [-0.3, -0.25) is 19.6 Å². The van der Waals surface area contributed by atoms with Crippen molar-refractivity contribution >= 4 is 11.6 Å². The van der Waals surface area contributed by atoms with Crippen LogP contribution in [-0.2, 0) is 20.2 Å². The third-order valence-corrected chi connectivity index (χ3v) is 4.16. The van der Waals surface area contributed by atoms with Crippen molar-refractivity contribution in [2.45, 2.75) is 20.1 Å². The van der Waals surface area contributed by atoms with E-state index in [1.165, 1.54) is 6.07 Å². The fraction of sp³-hybridized carbons (Fsp3) is 0.200. The number of nitrogens with one attached hydrogen (secondary N) is 1. The van der Waals surface area contributed by atoms with Gasteiger partial charge in [0, 0.05) is 30.4 Å². The summed E-state index contributed by atoms with van der Waals surface area (Å²) in [6, 6.07) is 13.6. The normalized spacial score (nSPS) is 10.5. The average molecular weight is 380 g/mol. The molecule has 8 heteroatoms. The van der Waals surface area contributed by atoms with E-state index in [4.69, 9.17) is 4.74 Å². The van der Waals surface area contributed by atoms with E-state index in [2.05, 4.69) is 10.4 Å². The number of amides is 1. The largest absolute Gasteiger partial charge is 0.489 e. The van der Waals surface area contributed by atoms with E-state index < -0.39 is 4.92 Å². The number of nitrogens with zero attached hydrogens (tertiary/aromatic N) is 3. The lowest BCUT2D eigenvalue weighted by Crippen LogP contribution is -2.23. The maximum absolute atomic E-state index is 12.3. The Labute approximate surface area is 161 Å². The fourth-order valence-electron chi connectivity index (χ4n) is 2.72. The Morgan fingerprint density at radius 1 is 1.25 bits per heavy atom. The summed E-state index contributed by atoms with van der Waals surface area (Å²) in [5.74, 6) is 0.340. The maximum atomic E-state index is 12.3. The number of hydrogen-bond donors (Lipinski definition) is 1. The molecule has 0 saturated heterocycles. The van der Waals surface area contributed by atoms with Crippen molar-refractivity contribution < 1.29 is 14.5 Å². The molecular formula is C20H20N4O4. The summed E-state index contributed by atoms with van der Waals surface area (Å²) in [5.41, 5.74) is 2.71. The summed E-state index contributed by atoms with van der Waals surface area (Å²) in [4.78, 5) is 22.8. The molecule has 0 radical (unpaired) electrons. The molecule has 3 rings (SSSR count). The number of carbonyl (C=O) groups excluding carboxylic acids is 1. The van der Waals surface area contributed by atoms with Crippen molar-refractivity contribution in [1.29, 1.82) is 0 Å². The van der Waals surface area contributed by atoms with Crippen molar-refractivity contribution in [3.05, 3.63) is 87.2 Å². The van der Waals surface area contributed by atoms with E-state index in [9.17, 15) is 14.9 Å². The number of aromatic nitrogens is 2. The van der Waals surface area contributed by atoms with Gasteiger partial charge < -0.3 is 10.1 Å². The molecule has 8 nitrogen and oxygen atoms in total. The summed E-state index contributed by atoms with van der Waals surface area (Å²) in [7, 11) is 1.82. The van der Waals surface area contributed by atoms with Gasteiger partial charge in [0.15, 0.2) is 0 Å². The van der Waals surface area contributed by atoms with Gasteiger partial charge in [0.05, 0.1) is 17.2 Å². The lowest BCUT2D eigenvalue weighted by Gasteiger charge is -2.09. The zero-order valence-electron chi connectivity index (χ0n) is 15.6. The first kappa shape index (κ1) is 19.1. The maximum Gasteiger partial charge on any atom is 0.272 e. The van der Waals surface area contributed by atoms with Crippen LogP contribution in [0, 0.1) is 17.0 Å². The van der Waals surface area contributed by atoms with Crippen molar-refractivity contribution in [3.8, 4) is 5.75 Å². The van der Waals surface area contributed by atoms with Crippen LogP contribution >= 0.6 is 0 Å². The number of benzene rings is 2. The minimum atomic E-state index is -0.424. The van der Waals surface area contributed by atoms with E-state index in [0.29, 0.717) is 23.4 Å². The highest BCUT2D eigenvalue weighted by Gasteiger charge is 2.11. The molecule has 0 spiro atoms. The van der Waals surface area contributed by atoms with Crippen LogP contribution in [0.3, 0.4) is 0 Å². The summed E-state index contributed by atoms with van der Waals surface area (Å²) in [6.07, 6.45) is 1.82. The Hall–Kier alpha value is -3.68. The van der Waals surface area contributed by atoms with Crippen LogP contribution in [0.15, 0.2) is 54.7 Å². The second-order valence-electron chi connectivity index (χ2n) is 6.36. The third-order valence-electron chi connectivity index (χ3n) is 4.16. The molecule has 2 aromatic carbocycles. The molecule has 3 aromatic rings. The number of hydrogen-bond acceptors (Lipinski definition) is 5. The summed E-state index contributed by atoms with van der Waals surface area (Å²) in [5, 5.41) is 17.9. The molecule has 1 amide bonds. The molecule has 0 atom stereocenters. The molecule has 0 saturated carbocycles. The van der Waals surface area contributed by atoms with Gasteiger partial charge in [-0.15, -0.1) is 0 Å². The Morgan fingerprint density at radius 2 is 2.07 bits per heavy atom. The number of aryl methyl sites for hydroxylation is 2. The highest BCUT2D eigenvalue weighted by Crippen LogP contribution is 2.23. The lowest BCUT2D eigenvalue weighted by molar-refractivity contribution is -0.385. The van der Waals surface area contributed by atoms with Crippen molar-refractivity contribution in [2.24, 2.45) is 7.05 Å². The van der Waals surface area contributed by atoms with Gasteiger partial charge in [-0.05, 0) is 42.8 Å². The molecule has 144 valence electrons. The number of nitro benzene ring substituents is 1. The fourth-order valence-corrected chi connectivity index (χ4v) is 2.72. The molecule has 0 aliphatic rings. The number of ether oxygens (including phenoxy) is 1. The van der Waals surface area contributed by atoms with Crippen LogP contribution in [0.2, 0.25) is 0 Å². The van der Waals surface area contributed by atoms with Gasteiger partial charge in [-0.1, -0.05) is 12.1 Å².